The Morgan fingerprint density at radius 2 is 1.88 bits per heavy atom. The van der Waals surface area contributed by atoms with Crippen molar-refractivity contribution in [1.82, 2.24) is 0 Å². The van der Waals surface area contributed by atoms with E-state index in [0.717, 1.165) is 32.1 Å². The zero-order valence-electron chi connectivity index (χ0n) is 22.7. The Kier molecular flexibility index (Phi) is 7.30. The molecule has 0 saturated heterocycles. The number of carbonyl (C=O) groups is 2. The molecule has 4 aliphatic carbocycles. The van der Waals surface area contributed by atoms with Crippen molar-refractivity contribution in [2.75, 3.05) is 0 Å². The second-order valence-corrected chi connectivity index (χ2v) is 17.4. The lowest BCUT2D eigenvalue weighted by Crippen LogP contribution is -2.54. The van der Waals surface area contributed by atoms with E-state index in [2.05, 4.69) is 40.8 Å². The SMILES string of the molecule is CCCC[Si](C)(C)OC(C)[C@H]1CC[C@H]2[C@@H]3C(=O)C=C4CC(OC(C)=O)CC[C@]4(C)[C@H]3CC[C@]12C. The number of fused-ring (bicyclic) bond motifs is 5. The fraction of sp³-hybridized carbons (Fsp3) is 0.862. The molecule has 5 heteroatoms. The minimum absolute atomic E-state index is 0.0656. The molecule has 0 aromatic heterocycles. The maximum Gasteiger partial charge on any atom is 0.302 e. The molecule has 0 aliphatic heterocycles. The molecule has 0 aromatic rings. The average Bonchev–Trinajstić information content (AvgIpc) is 3.10. The summed E-state index contributed by atoms with van der Waals surface area (Å²) in [5.74, 6) is 1.75. The molecule has 4 aliphatic rings. The Bertz CT molecular complexity index is 834. The van der Waals surface area contributed by atoms with Gasteiger partial charge in [-0.15, -0.1) is 0 Å². The summed E-state index contributed by atoms with van der Waals surface area (Å²) in [6.07, 6.45) is 12.1. The van der Waals surface area contributed by atoms with Crippen LogP contribution in [0.2, 0.25) is 19.1 Å². The number of allylic oxidation sites excluding steroid dienone is 1. The first-order chi connectivity index (χ1) is 15.9. The van der Waals surface area contributed by atoms with Crippen LogP contribution in [0, 0.1) is 34.5 Å². The van der Waals surface area contributed by atoms with Gasteiger partial charge >= 0.3 is 5.97 Å². The zero-order valence-corrected chi connectivity index (χ0v) is 23.7. The molecule has 0 radical (unpaired) electrons. The Labute approximate surface area is 208 Å². The van der Waals surface area contributed by atoms with Crippen LogP contribution in [-0.2, 0) is 18.8 Å². The number of unbranched alkanes of at least 4 members (excludes halogenated alkanes) is 1. The summed E-state index contributed by atoms with van der Waals surface area (Å²) in [6.45, 7) is 15.7. The summed E-state index contributed by atoms with van der Waals surface area (Å²) in [5.41, 5.74) is 1.52. The standard InChI is InChI=1S/C29H48O4Si/c1-8-9-16-34(6,7)33-19(2)23-10-11-24-27-25(13-15-29(23,24)5)28(4)14-12-22(32-20(3)30)17-21(28)18-26(27)31/h18-19,22-25,27H,8-17H2,1-7H3/t19?,22?,23-,24+,25+,27+,28+,29-/m1/s1. The van der Waals surface area contributed by atoms with Crippen LogP contribution in [0.3, 0.4) is 0 Å². The van der Waals surface area contributed by atoms with Crippen molar-refractivity contribution in [3.05, 3.63) is 11.6 Å². The van der Waals surface area contributed by atoms with E-state index in [1.165, 1.54) is 44.2 Å². The summed E-state index contributed by atoms with van der Waals surface area (Å²) < 4.78 is 12.4. The third-order valence-electron chi connectivity index (χ3n) is 10.5. The second-order valence-electron chi connectivity index (χ2n) is 13.1. The fourth-order valence-corrected chi connectivity index (χ4v) is 11.3. The van der Waals surface area contributed by atoms with E-state index in [1.807, 2.05) is 6.08 Å². The van der Waals surface area contributed by atoms with Gasteiger partial charge < -0.3 is 9.16 Å². The van der Waals surface area contributed by atoms with Crippen LogP contribution in [0.25, 0.3) is 0 Å². The number of ether oxygens (including phenoxy) is 1. The van der Waals surface area contributed by atoms with Crippen molar-refractivity contribution in [1.29, 1.82) is 0 Å². The molecule has 3 saturated carbocycles. The highest BCUT2D eigenvalue weighted by atomic mass is 28.4. The molecule has 8 atom stereocenters. The number of esters is 1. The number of ketones is 1. The Balaban J connectivity index is 1.53. The van der Waals surface area contributed by atoms with Crippen molar-refractivity contribution in [3.8, 4) is 0 Å². The number of hydrogen-bond acceptors (Lipinski definition) is 4. The largest absolute Gasteiger partial charge is 0.462 e. The van der Waals surface area contributed by atoms with Crippen LogP contribution in [0.15, 0.2) is 11.6 Å². The van der Waals surface area contributed by atoms with Gasteiger partial charge in [0.2, 0.25) is 0 Å². The molecule has 0 spiro atoms. The number of carbonyl (C=O) groups excluding carboxylic acids is 2. The first-order valence-corrected chi connectivity index (χ1v) is 17.1. The van der Waals surface area contributed by atoms with Crippen molar-refractivity contribution >= 4 is 20.1 Å². The minimum atomic E-state index is -1.66. The van der Waals surface area contributed by atoms with Gasteiger partial charge in [0.15, 0.2) is 14.1 Å². The fourth-order valence-electron chi connectivity index (χ4n) is 8.76. The van der Waals surface area contributed by atoms with Gasteiger partial charge in [0, 0.05) is 25.4 Å². The summed E-state index contributed by atoms with van der Waals surface area (Å²) in [7, 11) is -1.66. The Hall–Kier alpha value is -0.943. The third kappa shape index (κ3) is 4.60. The highest BCUT2D eigenvalue weighted by Crippen LogP contribution is 2.66. The predicted octanol–water partition coefficient (Wildman–Crippen LogP) is 7.09. The topological polar surface area (TPSA) is 52.6 Å². The summed E-state index contributed by atoms with van der Waals surface area (Å²) in [5, 5.41) is 0. The van der Waals surface area contributed by atoms with Gasteiger partial charge in [0.05, 0.1) is 0 Å². The first-order valence-electron chi connectivity index (χ1n) is 14.0. The smallest absolute Gasteiger partial charge is 0.302 e. The van der Waals surface area contributed by atoms with E-state index in [9.17, 15) is 9.59 Å². The molecule has 0 N–H and O–H groups in total. The van der Waals surface area contributed by atoms with E-state index >= 15 is 0 Å². The van der Waals surface area contributed by atoms with Crippen LogP contribution < -0.4 is 0 Å². The molecule has 2 unspecified atom stereocenters. The van der Waals surface area contributed by atoms with E-state index < -0.39 is 8.32 Å². The van der Waals surface area contributed by atoms with Gasteiger partial charge in [-0.1, -0.05) is 39.2 Å². The molecule has 3 fully saturated rings. The highest BCUT2D eigenvalue weighted by Gasteiger charge is 2.61. The summed E-state index contributed by atoms with van der Waals surface area (Å²) in [6, 6.07) is 1.24. The normalized spacial score (nSPS) is 40.6. The first kappa shape index (κ1) is 26.1. The molecule has 0 bridgehead atoms. The molecule has 0 aromatic carbocycles. The average molecular weight is 489 g/mol. The van der Waals surface area contributed by atoms with Crippen LogP contribution in [0.5, 0.6) is 0 Å². The van der Waals surface area contributed by atoms with E-state index in [1.54, 1.807) is 0 Å². The molecule has 4 nitrogen and oxygen atoms in total. The van der Waals surface area contributed by atoms with E-state index in [0.29, 0.717) is 23.5 Å². The lowest BCUT2D eigenvalue weighted by molar-refractivity contribution is -0.149. The third-order valence-corrected chi connectivity index (χ3v) is 13.1. The molecule has 0 amide bonds. The molecular formula is C29H48O4Si. The predicted molar refractivity (Wildman–Crippen MR) is 139 cm³/mol. The summed E-state index contributed by atoms with van der Waals surface area (Å²) in [4.78, 5) is 25.2. The molecule has 34 heavy (non-hydrogen) atoms. The summed E-state index contributed by atoms with van der Waals surface area (Å²) >= 11 is 0. The van der Waals surface area contributed by atoms with Crippen molar-refractivity contribution in [2.24, 2.45) is 34.5 Å². The van der Waals surface area contributed by atoms with Gasteiger partial charge in [-0.05, 0) is 99.2 Å². The molecule has 192 valence electrons. The monoisotopic (exact) mass is 488 g/mol. The van der Waals surface area contributed by atoms with Crippen LogP contribution in [0.1, 0.15) is 92.4 Å². The van der Waals surface area contributed by atoms with Gasteiger partial charge in [-0.25, -0.2) is 0 Å². The molecule has 4 rings (SSSR count). The van der Waals surface area contributed by atoms with E-state index in [4.69, 9.17) is 9.16 Å². The quantitative estimate of drug-likeness (QED) is 0.284. The van der Waals surface area contributed by atoms with E-state index in [-0.39, 0.29) is 34.9 Å². The van der Waals surface area contributed by atoms with Crippen molar-refractivity contribution < 1.29 is 18.8 Å². The van der Waals surface area contributed by atoms with Crippen molar-refractivity contribution in [2.45, 2.75) is 124 Å². The second kappa shape index (κ2) is 9.50. The lowest BCUT2D eigenvalue weighted by atomic mass is 9.47. The number of rotatable bonds is 7. The lowest BCUT2D eigenvalue weighted by Gasteiger charge is -2.57. The van der Waals surface area contributed by atoms with Gasteiger partial charge in [-0.3, -0.25) is 9.59 Å². The highest BCUT2D eigenvalue weighted by molar-refractivity contribution is 6.71. The Morgan fingerprint density at radius 3 is 2.56 bits per heavy atom. The molecule has 0 heterocycles. The Morgan fingerprint density at radius 1 is 1.15 bits per heavy atom. The van der Waals surface area contributed by atoms with Crippen molar-refractivity contribution in [3.63, 3.8) is 0 Å². The maximum atomic E-state index is 13.7. The van der Waals surface area contributed by atoms with Gasteiger partial charge in [-0.2, -0.15) is 0 Å². The van der Waals surface area contributed by atoms with Gasteiger partial charge in [0.25, 0.3) is 0 Å². The van der Waals surface area contributed by atoms with Crippen LogP contribution >= 0.6 is 0 Å². The van der Waals surface area contributed by atoms with Gasteiger partial charge in [0.1, 0.15) is 6.10 Å². The number of hydrogen-bond donors (Lipinski definition) is 0. The molecular weight excluding hydrogens is 440 g/mol. The van der Waals surface area contributed by atoms with Crippen LogP contribution in [0.4, 0.5) is 0 Å². The minimum Gasteiger partial charge on any atom is -0.462 e. The van der Waals surface area contributed by atoms with Crippen LogP contribution in [-0.4, -0.2) is 32.3 Å². The zero-order chi connectivity index (χ0) is 24.9. The maximum absolute atomic E-state index is 13.7.